The van der Waals surface area contributed by atoms with Gasteiger partial charge in [0.05, 0.1) is 12.0 Å². The second-order valence-corrected chi connectivity index (χ2v) is 9.15. The maximum absolute atomic E-state index is 12.9. The van der Waals surface area contributed by atoms with Gasteiger partial charge in [-0.25, -0.2) is 14.5 Å². The molecule has 1 unspecified atom stereocenters. The average Bonchev–Trinajstić information content (AvgIpc) is 2.52. The van der Waals surface area contributed by atoms with Gasteiger partial charge in [-0.2, -0.15) is 0 Å². The molecule has 7 heteroatoms. The second kappa shape index (κ2) is 9.76. The zero-order chi connectivity index (χ0) is 22.4. The quantitative estimate of drug-likeness (QED) is 0.722. The SMILES string of the molecule is CC(C[C@H](Cc1ccccc1)N(C(=O)OC(C)(C)C)C(=O)OC(C)(C)C)C(=O)O. The lowest BCUT2D eigenvalue weighted by molar-refractivity contribution is -0.141. The van der Waals surface area contributed by atoms with E-state index in [1.54, 1.807) is 48.5 Å². The van der Waals surface area contributed by atoms with Crippen LogP contribution in [0.1, 0.15) is 60.5 Å². The monoisotopic (exact) mass is 407 g/mol. The molecular weight excluding hydrogens is 374 g/mol. The number of carbonyl (C=O) groups is 3. The van der Waals surface area contributed by atoms with E-state index in [1.165, 1.54) is 0 Å². The minimum atomic E-state index is -1.00. The van der Waals surface area contributed by atoms with Crippen LogP contribution in [0.4, 0.5) is 9.59 Å². The van der Waals surface area contributed by atoms with Crippen LogP contribution in [-0.2, 0) is 20.7 Å². The number of nitrogens with zero attached hydrogens (tertiary/aromatic N) is 1. The summed E-state index contributed by atoms with van der Waals surface area (Å²) in [4.78, 5) is 38.2. The van der Waals surface area contributed by atoms with Crippen molar-refractivity contribution >= 4 is 18.2 Å². The fourth-order valence-corrected chi connectivity index (χ4v) is 2.67. The smallest absolute Gasteiger partial charge is 0.420 e. The zero-order valence-electron chi connectivity index (χ0n) is 18.4. The van der Waals surface area contributed by atoms with E-state index in [9.17, 15) is 19.5 Å². The third kappa shape index (κ3) is 8.98. The molecule has 2 atom stereocenters. The molecule has 1 aromatic carbocycles. The van der Waals surface area contributed by atoms with E-state index in [0.717, 1.165) is 10.5 Å². The highest BCUT2D eigenvalue weighted by atomic mass is 16.6. The molecule has 0 spiro atoms. The highest BCUT2D eigenvalue weighted by Gasteiger charge is 2.38. The maximum Gasteiger partial charge on any atom is 0.420 e. The van der Waals surface area contributed by atoms with Crippen LogP contribution >= 0.6 is 0 Å². The van der Waals surface area contributed by atoms with Gasteiger partial charge in [-0.05, 0) is 59.9 Å². The van der Waals surface area contributed by atoms with Crippen LogP contribution in [0, 0.1) is 5.92 Å². The molecule has 1 N–H and O–H groups in total. The molecule has 0 fully saturated rings. The first-order valence-corrected chi connectivity index (χ1v) is 9.71. The molecule has 0 saturated heterocycles. The lowest BCUT2D eigenvalue weighted by Gasteiger charge is -2.34. The van der Waals surface area contributed by atoms with E-state index in [-0.39, 0.29) is 12.8 Å². The summed E-state index contributed by atoms with van der Waals surface area (Å²) >= 11 is 0. The Kier molecular flexibility index (Phi) is 8.24. The Bertz CT molecular complexity index is 674. The molecule has 0 radical (unpaired) electrons. The molecule has 0 aliphatic rings. The van der Waals surface area contributed by atoms with E-state index in [0.29, 0.717) is 0 Å². The number of imide groups is 1. The van der Waals surface area contributed by atoms with Crippen LogP contribution in [-0.4, -0.2) is 45.4 Å². The standard InChI is InChI=1S/C22H33NO6/c1-15(18(24)25)13-17(14-16-11-9-8-10-12-16)23(19(26)28-21(2,3)4)20(27)29-22(5,6)7/h8-12,15,17H,13-14H2,1-7H3,(H,24,25)/t15?,17-/m1/s1. The number of rotatable bonds is 6. The van der Waals surface area contributed by atoms with Crippen LogP contribution in [0.2, 0.25) is 0 Å². The number of benzene rings is 1. The van der Waals surface area contributed by atoms with E-state index in [1.807, 2.05) is 30.3 Å². The Balaban J connectivity index is 3.32. The molecule has 0 heterocycles. The summed E-state index contributed by atoms with van der Waals surface area (Å²) in [5, 5.41) is 9.38. The van der Waals surface area contributed by atoms with Crippen LogP contribution in [0.3, 0.4) is 0 Å². The molecule has 0 aliphatic carbocycles. The fourth-order valence-electron chi connectivity index (χ4n) is 2.67. The first-order chi connectivity index (χ1) is 13.2. The average molecular weight is 408 g/mol. The normalized spacial score (nSPS) is 13.9. The molecule has 0 aliphatic heterocycles. The third-order valence-electron chi connectivity index (χ3n) is 3.91. The highest BCUT2D eigenvalue weighted by molar-refractivity contribution is 5.88. The number of hydrogen-bond donors (Lipinski definition) is 1. The van der Waals surface area contributed by atoms with Gasteiger partial charge in [0.15, 0.2) is 0 Å². The van der Waals surface area contributed by atoms with Crippen LogP contribution in [0.25, 0.3) is 0 Å². The molecule has 1 aromatic rings. The van der Waals surface area contributed by atoms with Crippen molar-refractivity contribution < 1.29 is 29.0 Å². The van der Waals surface area contributed by atoms with Crippen molar-refractivity contribution in [1.82, 2.24) is 4.90 Å². The Labute approximate surface area is 173 Å². The van der Waals surface area contributed by atoms with Crippen molar-refractivity contribution in [3.63, 3.8) is 0 Å². The van der Waals surface area contributed by atoms with Crippen molar-refractivity contribution in [3.8, 4) is 0 Å². The first-order valence-electron chi connectivity index (χ1n) is 9.71. The Hall–Kier alpha value is -2.57. The lowest BCUT2D eigenvalue weighted by Crippen LogP contribution is -2.50. The van der Waals surface area contributed by atoms with E-state index in [4.69, 9.17) is 9.47 Å². The van der Waals surface area contributed by atoms with Gasteiger partial charge in [0.25, 0.3) is 0 Å². The number of amides is 2. The van der Waals surface area contributed by atoms with Crippen LogP contribution < -0.4 is 0 Å². The predicted octanol–water partition coefficient (Wildman–Crippen LogP) is 4.88. The first kappa shape index (κ1) is 24.5. The van der Waals surface area contributed by atoms with Crippen molar-refractivity contribution in [1.29, 1.82) is 0 Å². The number of carbonyl (C=O) groups excluding carboxylic acids is 2. The molecular formula is C22H33NO6. The lowest BCUT2D eigenvalue weighted by atomic mass is 9.95. The molecule has 0 aromatic heterocycles. The van der Waals surface area contributed by atoms with Gasteiger partial charge >= 0.3 is 18.2 Å². The minimum absolute atomic E-state index is 0.0721. The third-order valence-corrected chi connectivity index (χ3v) is 3.91. The van der Waals surface area contributed by atoms with E-state index < -0.39 is 41.3 Å². The number of ether oxygens (including phenoxy) is 2. The molecule has 162 valence electrons. The number of aliphatic carboxylic acids is 1. The number of hydrogen-bond acceptors (Lipinski definition) is 5. The van der Waals surface area contributed by atoms with Crippen molar-refractivity contribution in [3.05, 3.63) is 35.9 Å². The van der Waals surface area contributed by atoms with Gasteiger partial charge in [0, 0.05) is 0 Å². The minimum Gasteiger partial charge on any atom is -0.481 e. The fraction of sp³-hybridized carbons (Fsp3) is 0.591. The number of carboxylic acid groups (broad SMARTS) is 1. The highest BCUT2D eigenvalue weighted by Crippen LogP contribution is 2.23. The second-order valence-electron chi connectivity index (χ2n) is 9.15. The van der Waals surface area contributed by atoms with E-state index in [2.05, 4.69) is 0 Å². The largest absolute Gasteiger partial charge is 0.481 e. The Morgan fingerprint density at radius 2 is 1.38 bits per heavy atom. The van der Waals surface area contributed by atoms with Gasteiger partial charge in [0.2, 0.25) is 0 Å². The van der Waals surface area contributed by atoms with Crippen molar-refractivity contribution in [2.24, 2.45) is 5.92 Å². The zero-order valence-corrected chi connectivity index (χ0v) is 18.4. The van der Waals surface area contributed by atoms with Crippen molar-refractivity contribution in [2.75, 3.05) is 0 Å². The van der Waals surface area contributed by atoms with Gasteiger partial charge in [-0.1, -0.05) is 37.3 Å². The number of carboxylic acids is 1. The summed E-state index contributed by atoms with van der Waals surface area (Å²) in [7, 11) is 0. The predicted molar refractivity (Wildman–Crippen MR) is 110 cm³/mol. The summed E-state index contributed by atoms with van der Waals surface area (Å²) in [6, 6.07) is 8.53. The molecule has 7 nitrogen and oxygen atoms in total. The van der Waals surface area contributed by atoms with Gasteiger partial charge in [-0.15, -0.1) is 0 Å². The van der Waals surface area contributed by atoms with Crippen LogP contribution in [0.15, 0.2) is 30.3 Å². The summed E-state index contributed by atoms with van der Waals surface area (Å²) in [6.45, 7) is 11.7. The maximum atomic E-state index is 12.9. The Morgan fingerprint density at radius 1 is 0.931 bits per heavy atom. The Morgan fingerprint density at radius 3 is 1.76 bits per heavy atom. The summed E-state index contributed by atoms with van der Waals surface area (Å²) in [5.41, 5.74) is -0.785. The summed E-state index contributed by atoms with van der Waals surface area (Å²) in [6.07, 6.45) is -1.35. The van der Waals surface area contributed by atoms with Gasteiger partial charge in [0.1, 0.15) is 11.2 Å². The molecule has 0 saturated carbocycles. The van der Waals surface area contributed by atoms with E-state index >= 15 is 0 Å². The van der Waals surface area contributed by atoms with Crippen molar-refractivity contribution in [2.45, 2.75) is 78.6 Å². The molecule has 0 bridgehead atoms. The van der Waals surface area contributed by atoms with Gasteiger partial charge < -0.3 is 14.6 Å². The van der Waals surface area contributed by atoms with Crippen LogP contribution in [0.5, 0.6) is 0 Å². The molecule has 1 rings (SSSR count). The molecule has 2 amide bonds. The topological polar surface area (TPSA) is 93.1 Å². The summed E-state index contributed by atoms with van der Waals surface area (Å²) in [5.74, 6) is -1.77. The molecule has 29 heavy (non-hydrogen) atoms. The van der Waals surface area contributed by atoms with Gasteiger partial charge in [-0.3, -0.25) is 4.79 Å². The summed E-state index contributed by atoms with van der Waals surface area (Å²) < 4.78 is 10.9.